The molecule has 1 heterocycles. The fourth-order valence-corrected chi connectivity index (χ4v) is 2.52. The standard InChI is InChI=1S/C15H19BrFN3/c1-3-18-15(7-4-11-9-19-20(2)10-11)12-5-6-13(16)14(17)8-12/h5-6,8-10,15,18H,3-4,7H2,1-2H3. The van der Waals surface area contributed by atoms with Crippen LogP contribution in [0, 0.1) is 5.82 Å². The summed E-state index contributed by atoms with van der Waals surface area (Å²) in [5.74, 6) is -0.216. The van der Waals surface area contributed by atoms with E-state index in [0.29, 0.717) is 4.47 Å². The van der Waals surface area contributed by atoms with Crippen LogP contribution in [0.15, 0.2) is 35.1 Å². The summed E-state index contributed by atoms with van der Waals surface area (Å²) >= 11 is 3.19. The van der Waals surface area contributed by atoms with Gasteiger partial charge in [0.05, 0.1) is 10.7 Å². The lowest BCUT2D eigenvalue weighted by Gasteiger charge is -2.18. The van der Waals surface area contributed by atoms with Gasteiger partial charge in [-0.2, -0.15) is 5.10 Å². The minimum atomic E-state index is -0.216. The topological polar surface area (TPSA) is 29.9 Å². The number of aryl methyl sites for hydroxylation is 2. The Labute approximate surface area is 127 Å². The van der Waals surface area contributed by atoms with Gasteiger partial charge in [0, 0.05) is 19.3 Å². The number of hydrogen-bond acceptors (Lipinski definition) is 2. The minimum Gasteiger partial charge on any atom is -0.310 e. The summed E-state index contributed by atoms with van der Waals surface area (Å²) in [6.45, 7) is 2.92. The van der Waals surface area contributed by atoms with Crippen LogP contribution < -0.4 is 5.32 Å². The van der Waals surface area contributed by atoms with Gasteiger partial charge in [-0.3, -0.25) is 4.68 Å². The molecule has 0 aliphatic heterocycles. The lowest BCUT2D eigenvalue weighted by Crippen LogP contribution is -2.21. The predicted octanol–water partition coefficient (Wildman–Crippen LogP) is 3.61. The second-order valence-corrected chi connectivity index (χ2v) is 5.70. The van der Waals surface area contributed by atoms with Crippen molar-refractivity contribution in [3.05, 3.63) is 52.0 Å². The number of nitrogens with zero attached hydrogens (tertiary/aromatic N) is 2. The minimum absolute atomic E-state index is 0.155. The van der Waals surface area contributed by atoms with Gasteiger partial charge in [-0.1, -0.05) is 13.0 Å². The Bertz CT molecular complexity index is 568. The molecule has 1 aromatic heterocycles. The van der Waals surface area contributed by atoms with Crippen LogP contribution in [-0.2, 0) is 13.5 Å². The molecule has 0 spiro atoms. The Morgan fingerprint density at radius 3 is 2.85 bits per heavy atom. The summed E-state index contributed by atoms with van der Waals surface area (Å²) in [4.78, 5) is 0. The number of benzene rings is 1. The van der Waals surface area contributed by atoms with Gasteiger partial charge in [-0.25, -0.2) is 4.39 Å². The first-order chi connectivity index (χ1) is 9.60. The molecular formula is C15H19BrFN3. The van der Waals surface area contributed by atoms with E-state index >= 15 is 0 Å². The second-order valence-electron chi connectivity index (χ2n) is 4.84. The van der Waals surface area contributed by atoms with E-state index in [9.17, 15) is 4.39 Å². The third-order valence-corrected chi connectivity index (χ3v) is 3.92. The normalized spacial score (nSPS) is 12.6. The average molecular weight is 340 g/mol. The molecule has 5 heteroatoms. The number of hydrogen-bond donors (Lipinski definition) is 1. The maximum Gasteiger partial charge on any atom is 0.137 e. The van der Waals surface area contributed by atoms with Gasteiger partial charge in [0.25, 0.3) is 0 Å². The monoisotopic (exact) mass is 339 g/mol. The van der Waals surface area contributed by atoms with Crippen LogP contribution in [0.5, 0.6) is 0 Å². The second kappa shape index (κ2) is 6.99. The van der Waals surface area contributed by atoms with Crippen molar-refractivity contribution in [2.75, 3.05) is 6.54 Å². The van der Waals surface area contributed by atoms with E-state index in [0.717, 1.165) is 24.9 Å². The van der Waals surface area contributed by atoms with Crippen molar-refractivity contribution in [2.24, 2.45) is 7.05 Å². The van der Waals surface area contributed by atoms with Crippen LogP contribution in [0.4, 0.5) is 4.39 Å². The molecule has 1 unspecified atom stereocenters. The Kier molecular flexibility index (Phi) is 5.31. The number of nitrogens with one attached hydrogen (secondary N) is 1. The van der Waals surface area contributed by atoms with Crippen molar-refractivity contribution < 1.29 is 4.39 Å². The van der Waals surface area contributed by atoms with Gasteiger partial charge >= 0.3 is 0 Å². The Morgan fingerprint density at radius 2 is 2.25 bits per heavy atom. The number of rotatable bonds is 6. The van der Waals surface area contributed by atoms with Gasteiger partial charge in [-0.05, 0) is 58.6 Å². The third kappa shape index (κ3) is 3.90. The molecule has 0 aliphatic rings. The molecule has 1 aromatic carbocycles. The van der Waals surface area contributed by atoms with Crippen molar-refractivity contribution in [1.82, 2.24) is 15.1 Å². The highest BCUT2D eigenvalue weighted by molar-refractivity contribution is 9.10. The van der Waals surface area contributed by atoms with Crippen LogP contribution in [0.2, 0.25) is 0 Å². The van der Waals surface area contributed by atoms with E-state index in [2.05, 4.69) is 33.3 Å². The summed E-state index contributed by atoms with van der Waals surface area (Å²) in [6, 6.07) is 5.48. The lowest BCUT2D eigenvalue weighted by atomic mass is 10.00. The molecule has 0 saturated heterocycles. The van der Waals surface area contributed by atoms with E-state index in [4.69, 9.17) is 0 Å². The molecular weight excluding hydrogens is 321 g/mol. The molecule has 0 aliphatic carbocycles. The molecule has 0 amide bonds. The Balaban J connectivity index is 2.07. The highest BCUT2D eigenvalue weighted by Gasteiger charge is 2.12. The number of halogens is 2. The van der Waals surface area contributed by atoms with E-state index < -0.39 is 0 Å². The summed E-state index contributed by atoms with van der Waals surface area (Å²) in [7, 11) is 1.91. The molecule has 0 saturated carbocycles. The lowest BCUT2D eigenvalue weighted by molar-refractivity contribution is 0.510. The fraction of sp³-hybridized carbons (Fsp3) is 0.400. The fourth-order valence-electron chi connectivity index (χ4n) is 2.27. The molecule has 3 nitrogen and oxygen atoms in total. The molecule has 0 fully saturated rings. The Morgan fingerprint density at radius 1 is 1.45 bits per heavy atom. The van der Waals surface area contributed by atoms with Crippen molar-refractivity contribution >= 4 is 15.9 Å². The zero-order chi connectivity index (χ0) is 14.5. The van der Waals surface area contributed by atoms with Crippen molar-refractivity contribution in [3.8, 4) is 0 Å². The van der Waals surface area contributed by atoms with E-state index in [1.165, 1.54) is 5.56 Å². The van der Waals surface area contributed by atoms with Gasteiger partial charge in [0.1, 0.15) is 5.82 Å². The highest BCUT2D eigenvalue weighted by Crippen LogP contribution is 2.23. The molecule has 0 bridgehead atoms. The van der Waals surface area contributed by atoms with Gasteiger partial charge in [0.2, 0.25) is 0 Å². The quantitative estimate of drug-likeness (QED) is 0.871. The Hall–Kier alpha value is -1.20. The van der Waals surface area contributed by atoms with Gasteiger partial charge < -0.3 is 5.32 Å². The first-order valence-electron chi connectivity index (χ1n) is 6.76. The first-order valence-corrected chi connectivity index (χ1v) is 7.55. The third-order valence-electron chi connectivity index (χ3n) is 3.28. The molecule has 108 valence electrons. The summed E-state index contributed by atoms with van der Waals surface area (Å²) in [6.07, 6.45) is 5.74. The number of aromatic nitrogens is 2. The summed E-state index contributed by atoms with van der Waals surface area (Å²) in [5, 5.41) is 7.58. The molecule has 2 aromatic rings. The molecule has 1 atom stereocenters. The van der Waals surface area contributed by atoms with E-state index in [1.807, 2.05) is 25.5 Å². The molecule has 2 rings (SSSR count). The average Bonchev–Trinajstić information content (AvgIpc) is 2.84. The maximum atomic E-state index is 13.7. The van der Waals surface area contributed by atoms with Crippen molar-refractivity contribution in [1.29, 1.82) is 0 Å². The summed E-state index contributed by atoms with van der Waals surface area (Å²) in [5.41, 5.74) is 2.18. The van der Waals surface area contributed by atoms with Crippen LogP contribution >= 0.6 is 15.9 Å². The van der Waals surface area contributed by atoms with Gasteiger partial charge in [-0.15, -0.1) is 0 Å². The smallest absolute Gasteiger partial charge is 0.137 e. The van der Waals surface area contributed by atoms with Crippen LogP contribution in [0.25, 0.3) is 0 Å². The van der Waals surface area contributed by atoms with Crippen LogP contribution in [0.1, 0.15) is 30.5 Å². The SMILES string of the molecule is CCNC(CCc1cnn(C)c1)c1ccc(Br)c(F)c1. The largest absolute Gasteiger partial charge is 0.310 e. The zero-order valence-electron chi connectivity index (χ0n) is 11.7. The predicted molar refractivity (Wildman–Crippen MR) is 82.0 cm³/mol. The van der Waals surface area contributed by atoms with E-state index in [1.54, 1.807) is 16.8 Å². The molecule has 1 N–H and O–H groups in total. The van der Waals surface area contributed by atoms with E-state index in [-0.39, 0.29) is 11.9 Å². The highest BCUT2D eigenvalue weighted by atomic mass is 79.9. The van der Waals surface area contributed by atoms with Crippen LogP contribution in [-0.4, -0.2) is 16.3 Å². The van der Waals surface area contributed by atoms with Crippen molar-refractivity contribution in [3.63, 3.8) is 0 Å². The van der Waals surface area contributed by atoms with Gasteiger partial charge in [0.15, 0.2) is 0 Å². The summed E-state index contributed by atoms with van der Waals surface area (Å²) < 4.78 is 16.0. The maximum absolute atomic E-state index is 13.7. The molecule has 0 radical (unpaired) electrons. The first kappa shape index (κ1) is 15.2. The molecule has 20 heavy (non-hydrogen) atoms. The zero-order valence-corrected chi connectivity index (χ0v) is 13.3. The van der Waals surface area contributed by atoms with Crippen LogP contribution in [0.3, 0.4) is 0 Å². The van der Waals surface area contributed by atoms with Crippen molar-refractivity contribution in [2.45, 2.75) is 25.8 Å².